The predicted octanol–water partition coefficient (Wildman–Crippen LogP) is 4.62. The molecule has 0 saturated heterocycles. The number of nitrogen functional groups attached to an aromatic ring is 1. The van der Waals surface area contributed by atoms with Crippen molar-refractivity contribution in [1.29, 1.82) is 5.41 Å². The molecule has 144 valence electrons. The zero-order chi connectivity index (χ0) is 20.2. The van der Waals surface area contributed by atoms with E-state index in [-0.39, 0.29) is 5.84 Å². The lowest BCUT2D eigenvalue weighted by Gasteiger charge is -2.05. The molecule has 6 aromatic rings. The number of nitrogens with one attached hydrogen (secondary N) is 3. The highest BCUT2D eigenvalue weighted by Crippen LogP contribution is 2.33. The van der Waals surface area contributed by atoms with E-state index in [1.165, 1.54) is 16.2 Å². The first-order valence-corrected chi connectivity index (χ1v) is 9.78. The van der Waals surface area contributed by atoms with Crippen molar-refractivity contribution in [3.63, 3.8) is 0 Å². The lowest BCUT2D eigenvalue weighted by atomic mass is 10.0. The SMILES string of the molecule is N=C(N)c1ccc2nc(Cc3nc4c5ccccc5c5ccccc5c4[nH]3)[nH]c2c1. The highest BCUT2D eigenvalue weighted by Gasteiger charge is 2.14. The maximum Gasteiger partial charge on any atom is 0.122 e. The second kappa shape index (κ2) is 6.15. The first kappa shape index (κ1) is 16.7. The minimum atomic E-state index is 0.0455. The predicted molar refractivity (Wildman–Crippen MR) is 121 cm³/mol. The monoisotopic (exact) mass is 390 g/mol. The van der Waals surface area contributed by atoms with Gasteiger partial charge in [-0.15, -0.1) is 0 Å². The number of benzene rings is 4. The van der Waals surface area contributed by atoms with E-state index < -0.39 is 0 Å². The van der Waals surface area contributed by atoms with Gasteiger partial charge in [0.05, 0.1) is 28.5 Å². The van der Waals surface area contributed by atoms with Crippen molar-refractivity contribution in [2.75, 3.05) is 0 Å². The quantitative estimate of drug-likeness (QED) is 0.201. The number of H-pyrrole nitrogens is 2. The van der Waals surface area contributed by atoms with Gasteiger partial charge in [-0.2, -0.15) is 0 Å². The smallest absolute Gasteiger partial charge is 0.122 e. The van der Waals surface area contributed by atoms with Crippen LogP contribution in [0.3, 0.4) is 0 Å². The number of aromatic amines is 2. The Balaban J connectivity index is 1.51. The van der Waals surface area contributed by atoms with Crippen LogP contribution in [0.25, 0.3) is 43.6 Å². The number of amidine groups is 1. The molecule has 6 rings (SSSR count). The maximum absolute atomic E-state index is 7.62. The van der Waals surface area contributed by atoms with Crippen molar-refractivity contribution >= 4 is 49.4 Å². The van der Waals surface area contributed by atoms with Gasteiger partial charge >= 0.3 is 0 Å². The van der Waals surface area contributed by atoms with Crippen molar-refractivity contribution < 1.29 is 0 Å². The van der Waals surface area contributed by atoms with Crippen molar-refractivity contribution in [2.45, 2.75) is 6.42 Å². The highest BCUT2D eigenvalue weighted by molar-refractivity contribution is 6.23. The average molecular weight is 390 g/mol. The molecular formula is C24H18N6. The Hall–Kier alpha value is -4.19. The zero-order valence-corrected chi connectivity index (χ0v) is 16.0. The van der Waals surface area contributed by atoms with Crippen molar-refractivity contribution in [1.82, 2.24) is 19.9 Å². The third kappa shape index (κ3) is 2.47. The summed E-state index contributed by atoms with van der Waals surface area (Å²) in [5, 5.41) is 12.4. The Kier molecular flexibility index (Phi) is 3.43. The standard InChI is InChI=1S/C24H18N6/c25-24(26)13-9-10-18-19(11-13)28-20(27-18)12-21-29-22-16-7-3-1-5-14(16)15-6-2-4-8-17(15)23(22)30-21/h1-11H,12H2,(H3,25,26)(H,27,28)(H,29,30). The van der Waals surface area contributed by atoms with Crippen molar-refractivity contribution in [2.24, 2.45) is 5.73 Å². The zero-order valence-electron chi connectivity index (χ0n) is 16.0. The van der Waals surface area contributed by atoms with Gasteiger partial charge in [0.25, 0.3) is 0 Å². The van der Waals surface area contributed by atoms with Gasteiger partial charge in [-0.05, 0) is 29.0 Å². The summed E-state index contributed by atoms with van der Waals surface area (Å²) in [5.41, 5.74) is 10.0. The lowest BCUT2D eigenvalue weighted by Crippen LogP contribution is -2.10. The fourth-order valence-corrected chi connectivity index (χ4v) is 4.23. The number of aromatic nitrogens is 4. The Labute approximate surface area is 171 Å². The van der Waals surface area contributed by atoms with E-state index in [9.17, 15) is 0 Å². The van der Waals surface area contributed by atoms with E-state index in [1.54, 1.807) is 0 Å². The van der Waals surface area contributed by atoms with Crippen molar-refractivity contribution in [3.05, 3.63) is 83.9 Å². The molecule has 6 heteroatoms. The van der Waals surface area contributed by atoms with E-state index in [2.05, 4.69) is 63.5 Å². The van der Waals surface area contributed by atoms with Crippen molar-refractivity contribution in [3.8, 4) is 0 Å². The molecular weight excluding hydrogens is 372 g/mol. The minimum Gasteiger partial charge on any atom is -0.384 e. The number of nitrogens with zero attached hydrogens (tertiary/aromatic N) is 2. The Morgan fingerprint density at radius 2 is 1.47 bits per heavy atom. The molecule has 0 amide bonds. The fourth-order valence-electron chi connectivity index (χ4n) is 4.23. The molecule has 0 atom stereocenters. The van der Waals surface area contributed by atoms with Gasteiger partial charge in [0.1, 0.15) is 17.5 Å². The van der Waals surface area contributed by atoms with Crippen LogP contribution in [0.4, 0.5) is 0 Å². The number of rotatable bonds is 3. The molecule has 5 N–H and O–H groups in total. The summed E-state index contributed by atoms with van der Waals surface area (Å²) in [6.45, 7) is 0. The maximum atomic E-state index is 7.62. The van der Waals surface area contributed by atoms with E-state index >= 15 is 0 Å². The summed E-state index contributed by atoms with van der Waals surface area (Å²) < 4.78 is 0. The molecule has 0 saturated carbocycles. The average Bonchev–Trinajstić information content (AvgIpc) is 3.37. The van der Waals surface area contributed by atoms with Crippen LogP contribution >= 0.6 is 0 Å². The fraction of sp³-hybridized carbons (Fsp3) is 0.0417. The van der Waals surface area contributed by atoms with E-state index in [0.717, 1.165) is 39.1 Å². The molecule has 2 heterocycles. The molecule has 0 radical (unpaired) electrons. The van der Waals surface area contributed by atoms with Gasteiger partial charge in [0, 0.05) is 16.3 Å². The molecule has 6 nitrogen and oxygen atoms in total. The first-order chi connectivity index (χ1) is 14.7. The number of nitrogens with two attached hydrogens (primary N) is 1. The highest BCUT2D eigenvalue weighted by atomic mass is 15.0. The van der Waals surface area contributed by atoms with Crippen LogP contribution in [0.5, 0.6) is 0 Å². The Morgan fingerprint density at radius 3 is 2.23 bits per heavy atom. The Morgan fingerprint density at radius 1 is 0.800 bits per heavy atom. The van der Waals surface area contributed by atoms with Gasteiger partial charge in [0.2, 0.25) is 0 Å². The van der Waals surface area contributed by atoms with Gasteiger partial charge in [0.15, 0.2) is 0 Å². The third-order valence-corrected chi connectivity index (χ3v) is 5.60. The summed E-state index contributed by atoms with van der Waals surface area (Å²) in [7, 11) is 0. The number of hydrogen-bond acceptors (Lipinski definition) is 3. The summed E-state index contributed by atoms with van der Waals surface area (Å²) in [6.07, 6.45) is 0.557. The van der Waals surface area contributed by atoms with Crippen LogP contribution in [0.15, 0.2) is 66.7 Å². The lowest BCUT2D eigenvalue weighted by molar-refractivity contribution is 0.961. The van der Waals surface area contributed by atoms with Gasteiger partial charge in [-0.3, -0.25) is 5.41 Å². The molecule has 0 bridgehead atoms. The molecule has 0 fully saturated rings. The summed E-state index contributed by atoms with van der Waals surface area (Å²) >= 11 is 0. The second-order valence-corrected chi connectivity index (χ2v) is 7.50. The Bertz CT molecular complexity index is 1530. The first-order valence-electron chi connectivity index (χ1n) is 9.78. The topological polar surface area (TPSA) is 107 Å². The van der Waals surface area contributed by atoms with E-state index in [1.807, 2.05) is 18.2 Å². The van der Waals surface area contributed by atoms with Crippen LogP contribution in [0, 0.1) is 5.41 Å². The molecule has 2 aromatic heterocycles. The van der Waals surface area contributed by atoms with Crippen LogP contribution < -0.4 is 5.73 Å². The number of hydrogen-bond donors (Lipinski definition) is 4. The normalized spacial score (nSPS) is 11.7. The summed E-state index contributed by atoms with van der Waals surface area (Å²) in [6, 6.07) is 22.4. The third-order valence-electron chi connectivity index (χ3n) is 5.60. The number of fused-ring (bicyclic) bond motifs is 7. The van der Waals surface area contributed by atoms with E-state index in [4.69, 9.17) is 16.1 Å². The molecule has 0 unspecified atom stereocenters. The van der Waals surface area contributed by atoms with Crippen LogP contribution in [-0.2, 0) is 6.42 Å². The second-order valence-electron chi connectivity index (χ2n) is 7.50. The molecule has 4 aromatic carbocycles. The molecule has 30 heavy (non-hydrogen) atoms. The minimum absolute atomic E-state index is 0.0455. The van der Waals surface area contributed by atoms with Crippen LogP contribution in [-0.4, -0.2) is 25.8 Å². The van der Waals surface area contributed by atoms with Crippen LogP contribution in [0.1, 0.15) is 17.2 Å². The molecule has 0 aliphatic carbocycles. The van der Waals surface area contributed by atoms with Crippen LogP contribution in [0.2, 0.25) is 0 Å². The van der Waals surface area contributed by atoms with Gasteiger partial charge < -0.3 is 15.7 Å². The van der Waals surface area contributed by atoms with Gasteiger partial charge in [-0.1, -0.05) is 48.5 Å². The molecule has 0 aliphatic rings. The number of imidazole rings is 2. The summed E-state index contributed by atoms with van der Waals surface area (Å²) in [5.74, 6) is 1.72. The molecule has 0 spiro atoms. The van der Waals surface area contributed by atoms with Gasteiger partial charge in [-0.25, -0.2) is 9.97 Å². The summed E-state index contributed by atoms with van der Waals surface area (Å²) in [4.78, 5) is 16.5. The van der Waals surface area contributed by atoms with E-state index in [0.29, 0.717) is 12.0 Å². The molecule has 0 aliphatic heterocycles. The largest absolute Gasteiger partial charge is 0.384 e.